The van der Waals surface area contributed by atoms with E-state index >= 15 is 0 Å². The largest absolute Gasteiger partial charge is 0.494 e. The molecule has 3 aromatic carbocycles. The van der Waals surface area contributed by atoms with Crippen molar-refractivity contribution < 1.29 is 9.53 Å². The molecule has 4 heteroatoms. The zero-order valence-corrected chi connectivity index (χ0v) is 17.1. The van der Waals surface area contributed by atoms with Crippen LogP contribution in [0.2, 0.25) is 0 Å². The molecule has 0 aliphatic heterocycles. The minimum absolute atomic E-state index is 0.0306. The quantitative estimate of drug-likeness (QED) is 0.417. The van der Waals surface area contributed by atoms with Crippen LogP contribution >= 0.6 is 0 Å². The number of aromatic nitrogens is 1. The molecule has 0 saturated heterocycles. The normalized spacial score (nSPS) is 11.9. The summed E-state index contributed by atoms with van der Waals surface area (Å²) in [5, 5.41) is 4.21. The number of para-hydroxylation sites is 1. The van der Waals surface area contributed by atoms with Crippen molar-refractivity contribution in [1.29, 1.82) is 0 Å². The van der Waals surface area contributed by atoms with Crippen molar-refractivity contribution in [3.05, 3.63) is 102 Å². The van der Waals surface area contributed by atoms with Crippen LogP contribution in [-0.4, -0.2) is 17.5 Å². The van der Waals surface area contributed by atoms with Crippen LogP contribution in [0.25, 0.3) is 10.9 Å². The van der Waals surface area contributed by atoms with Gasteiger partial charge in [-0.15, -0.1) is 0 Å². The number of rotatable bonds is 8. The molecule has 0 aliphatic rings. The first kappa shape index (κ1) is 19.8. The van der Waals surface area contributed by atoms with Crippen molar-refractivity contribution in [2.75, 3.05) is 6.61 Å². The first-order valence-corrected chi connectivity index (χ1v) is 10.3. The Morgan fingerprint density at radius 1 is 0.967 bits per heavy atom. The van der Waals surface area contributed by atoms with Gasteiger partial charge in [-0.2, -0.15) is 0 Å². The van der Waals surface area contributed by atoms with Crippen LogP contribution in [0.15, 0.2) is 85.1 Å². The average Bonchev–Trinajstić information content (AvgIpc) is 3.22. The highest BCUT2D eigenvalue weighted by Gasteiger charge is 2.21. The highest BCUT2D eigenvalue weighted by Crippen LogP contribution is 2.34. The first-order chi connectivity index (χ1) is 14.7. The minimum atomic E-state index is -0.0485. The summed E-state index contributed by atoms with van der Waals surface area (Å²) in [6.45, 7) is 3.14. The molecule has 4 aromatic rings. The number of benzene rings is 3. The molecule has 152 valence electrons. The molecule has 0 fully saturated rings. The first-order valence-electron chi connectivity index (χ1n) is 10.3. The fourth-order valence-electron chi connectivity index (χ4n) is 3.81. The predicted octanol–water partition coefficient (Wildman–Crippen LogP) is 5.41. The second-order valence-electron chi connectivity index (χ2n) is 7.31. The number of amides is 1. The highest BCUT2D eigenvalue weighted by molar-refractivity contribution is 5.86. The van der Waals surface area contributed by atoms with Gasteiger partial charge in [0.05, 0.1) is 6.61 Å². The lowest BCUT2D eigenvalue weighted by molar-refractivity contribution is -0.121. The van der Waals surface area contributed by atoms with Gasteiger partial charge in [-0.05, 0) is 41.8 Å². The Labute approximate surface area is 176 Å². The number of carbonyl (C=O) groups is 1. The maximum absolute atomic E-state index is 12.9. The van der Waals surface area contributed by atoms with E-state index in [4.69, 9.17) is 4.74 Å². The van der Waals surface area contributed by atoms with Gasteiger partial charge in [0.15, 0.2) is 0 Å². The molecule has 1 heterocycles. The van der Waals surface area contributed by atoms with Crippen molar-refractivity contribution in [2.45, 2.75) is 25.8 Å². The lowest BCUT2D eigenvalue weighted by Crippen LogP contribution is -2.25. The van der Waals surface area contributed by atoms with E-state index in [2.05, 4.69) is 34.6 Å². The maximum Gasteiger partial charge on any atom is 0.221 e. The van der Waals surface area contributed by atoms with E-state index in [1.54, 1.807) is 0 Å². The predicted molar refractivity (Wildman–Crippen MR) is 121 cm³/mol. The summed E-state index contributed by atoms with van der Waals surface area (Å²) in [5.74, 6) is 0.822. The Hall–Kier alpha value is -3.53. The van der Waals surface area contributed by atoms with Gasteiger partial charge in [-0.25, -0.2) is 0 Å². The van der Waals surface area contributed by atoms with E-state index in [1.807, 2.05) is 67.7 Å². The van der Waals surface area contributed by atoms with Gasteiger partial charge in [-0.3, -0.25) is 4.79 Å². The molecule has 0 bridgehead atoms. The summed E-state index contributed by atoms with van der Waals surface area (Å²) in [4.78, 5) is 16.2. The Kier molecular flexibility index (Phi) is 6.14. The van der Waals surface area contributed by atoms with Crippen molar-refractivity contribution in [3.63, 3.8) is 0 Å². The molecule has 2 N–H and O–H groups in total. The van der Waals surface area contributed by atoms with Gasteiger partial charge in [0.1, 0.15) is 5.75 Å². The van der Waals surface area contributed by atoms with Crippen molar-refractivity contribution >= 4 is 16.8 Å². The standard InChI is InChI=1S/C26H26N2O2/c1-2-30-21-14-12-20(13-15-21)23(24-18-27-25-11-7-6-10-22(24)25)16-26(29)28-17-19-8-4-3-5-9-19/h3-15,18,23,27H,2,16-17H2,1H3,(H,28,29)/t23-/m0/s1. The van der Waals surface area contributed by atoms with E-state index in [-0.39, 0.29) is 11.8 Å². The van der Waals surface area contributed by atoms with Crippen molar-refractivity contribution in [3.8, 4) is 5.75 Å². The molecular weight excluding hydrogens is 372 g/mol. The molecule has 1 aromatic heterocycles. The molecule has 0 radical (unpaired) electrons. The van der Waals surface area contributed by atoms with Crippen molar-refractivity contribution in [1.82, 2.24) is 10.3 Å². The van der Waals surface area contributed by atoms with Crippen LogP contribution in [-0.2, 0) is 11.3 Å². The zero-order valence-electron chi connectivity index (χ0n) is 17.1. The Bertz CT molecular complexity index is 1100. The van der Waals surface area contributed by atoms with E-state index in [0.29, 0.717) is 19.6 Å². The molecule has 4 rings (SSSR count). The fraction of sp³-hybridized carbons (Fsp3) is 0.192. The summed E-state index contributed by atoms with van der Waals surface area (Å²) >= 11 is 0. The summed E-state index contributed by atoms with van der Waals surface area (Å²) < 4.78 is 5.58. The van der Waals surface area contributed by atoms with Gasteiger partial charge in [0.2, 0.25) is 5.91 Å². The van der Waals surface area contributed by atoms with Crippen LogP contribution in [0, 0.1) is 0 Å². The third kappa shape index (κ3) is 4.54. The van der Waals surface area contributed by atoms with E-state index in [0.717, 1.165) is 33.3 Å². The van der Waals surface area contributed by atoms with E-state index in [1.165, 1.54) is 0 Å². The number of ether oxygens (including phenoxy) is 1. The highest BCUT2D eigenvalue weighted by atomic mass is 16.5. The summed E-state index contributed by atoms with van der Waals surface area (Å²) in [5.41, 5.74) is 4.39. The van der Waals surface area contributed by atoms with Gasteiger partial charge >= 0.3 is 0 Å². The van der Waals surface area contributed by atoms with Crippen LogP contribution in [0.5, 0.6) is 5.75 Å². The number of aromatic amines is 1. The Morgan fingerprint density at radius 2 is 1.70 bits per heavy atom. The van der Waals surface area contributed by atoms with Gasteiger partial charge in [-0.1, -0.05) is 60.7 Å². The number of carbonyl (C=O) groups excluding carboxylic acids is 1. The third-order valence-corrected chi connectivity index (χ3v) is 5.31. The monoisotopic (exact) mass is 398 g/mol. The van der Waals surface area contributed by atoms with Gasteiger partial charge < -0.3 is 15.0 Å². The molecule has 1 atom stereocenters. The molecule has 0 unspecified atom stereocenters. The minimum Gasteiger partial charge on any atom is -0.494 e. The lowest BCUT2D eigenvalue weighted by atomic mass is 9.88. The lowest BCUT2D eigenvalue weighted by Gasteiger charge is -2.18. The summed E-state index contributed by atoms with van der Waals surface area (Å²) in [6, 6.07) is 26.2. The third-order valence-electron chi connectivity index (χ3n) is 5.31. The number of hydrogen-bond donors (Lipinski definition) is 2. The molecule has 1 amide bonds. The second kappa shape index (κ2) is 9.31. The fourth-order valence-corrected chi connectivity index (χ4v) is 3.81. The smallest absolute Gasteiger partial charge is 0.221 e. The van der Waals surface area contributed by atoms with Crippen LogP contribution in [0.3, 0.4) is 0 Å². The molecule has 0 saturated carbocycles. The SMILES string of the molecule is CCOc1ccc([C@H](CC(=O)NCc2ccccc2)c2c[nH]c3ccccc23)cc1. The molecule has 0 aliphatic carbocycles. The van der Waals surface area contributed by atoms with Gasteiger partial charge in [0.25, 0.3) is 0 Å². The van der Waals surface area contributed by atoms with E-state index < -0.39 is 0 Å². The molecule has 4 nitrogen and oxygen atoms in total. The number of hydrogen-bond acceptors (Lipinski definition) is 2. The zero-order chi connectivity index (χ0) is 20.8. The second-order valence-corrected chi connectivity index (χ2v) is 7.31. The van der Waals surface area contributed by atoms with E-state index in [9.17, 15) is 4.79 Å². The average molecular weight is 399 g/mol. The number of nitrogens with one attached hydrogen (secondary N) is 2. The maximum atomic E-state index is 12.9. The Morgan fingerprint density at radius 3 is 2.47 bits per heavy atom. The molecule has 30 heavy (non-hydrogen) atoms. The Balaban J connectivity index is 1.59. The van der Waals surface area contributed by atoms with Crippen LogP contribution in [0.1, 0.15) is 36.0 Å². The van der Waals surface area contributed by atoms with Crippen molar-refractivity contribution in [2.24, 2.45) is 0 Å². The molecule has 0 spiro atoms. The summed E-state index contributed by atoms with van der Waals surface area (Å²) in [6.07, 6.45) is 2.40. The molecular formula is C26H26N2O2. The van der Waals surface area contributed by atoms with Crippen LogP contribution < -0.4 is 10.1 Å². The number of H-pyrrole nitrogens is 1. The van der Waals surface area contributed by atoms with Gasteiger partial charge in [0, 0.05) is 36.0 Å². The number of fused-ring (bicyclic) bond motifs is 1. The summed E-state index contributed by atoms with van der Waals surface area (Å²) in [7, 11) is 0. The topological polar surface area (TPSA) is 54.1 Å². The van der Waals surface area contributed by atoms with Crippen LogP contribution in [0.4, 0.5) is 0 Å².